The van der Waals surface area contributed by atoms with Crippen LogP contribution in [0.1, 0.15) is 248 Å². The first kappa shape index (κ1) is 218. The van der Waals surface area contributed by atoms with Crippen LogP contribution in [0.3, 0.4) is 0 Å². The van der Waals surface area contributed by atoms with Gasteiger partial charge in [-0.3, -0.25) is 0 Å². The van der Waals surface area contributed by atoms with E-state index in [0.717, 1.165) is 35.5 Å². The van der Waals surface area contributed by atoms with Crippen molar-refractivity contribution in [3.63, 3.8) is 0 Å². The Kier molecular flexibility index (Phi) is 1800. The minimum Gasteiger partial charge on any atom is -0.397 e. The van der Waals surface area contributed by atoms with E-state index in [-0.39, 0.29) is 41.6 Å². The molecule has 0 amide bonds. The summed E-state index contributed by atoms with van der Waals surface area (Å²) in [6.45, 7) is 76.4. The van der Waals surface area contributed by atoms with Crippen molar-refractivity contribution in [1.29, 1.82) is 0 Å². The number of aliphatic hydroxyl groups excluding tert-OH is 1. The Hall–Kier alpha value is -4.11. The topological polar surface area (TPSA) is 539 Å². The summed E-state index contributed by atoms with van der Waals surface area (Å²) in [4.78, 5) is 88.0. The Morgan fingerprint density at radius 2 is 0.313 bits per heavy atom. The highest BCUT2D eigenvalue weighted by Crippen LogP contribution is 2.00. The van der Waals surface area contributed by atoms with E-state index in [1.165, 1.54) is 113 Å². The van der Waals surface area contributed by atoms with Crippen LogP contribution in [-0.4, -0.2) is 129 Å². The van der Waals surface area contributed by atoms with Crippen molar-refractivity contribution in [2.24, 2.45) is 69.9 Å². The highest BCUT2D eigenvalue weighted by molar-refractivity contribution is 5.12. The monoisotopic (exact) mass is 1250 g/mol. The molecule has 0 rings (SSSR count). The molecule has 0 aliphatic carbocycles. The molecule has 83 heavy (non-hydrogen) atoms. The third-order valence-electron chi connectivity index (χ3n) is 5.29. The van der Waals surface area contributed by atoms with Gasteiger partial charge in [-0.2, -0.15) is 0 Å². The highest BCUT2D eigenvalue weighted by atomic mass is 16.2. The fourth-order valence-corrected chi connectivity index (χ4v) is 0.677. The lowest BCUT2D eigenvalue weighted by Gasteiger charge is -1.90. The number of unbranched alkanes of at least 4 members (excludes halogenated alkanes) is 4. The van der Waals surface area contributed by atoms with Crippen LogP contribution in [0.4, 0.5) is 0 Å². The zero-order valence-corrected chi connectivity index (χ0v) is 62.7. The highest BCUT2D eigenvalue weighted by Gasteiger charge is 1.82. The van der Waals surface area contributed by atoms with Gasteiger partial charge in [-0.05, 0) is 84.7 Å². The van der Waals surface area contributed by atoms with Gasteiger partial charge in [0.1, 0.15) is 74.7 Å². The molecule has 0 radical (unpaired) electrons. The lowest BCUT2D eigenvalue weighted by molar-refractivity contribution is -0.0987. The number of carbonyl (C=O) groups is 11. The molecular formula is C60H179N11O12. The van der Waals surface area contributed by atoms with Crippen LogP contribution in [0.5, 0.6) is 0 Å². The van der Waals surface area contributed by atoms with Crippen molar-refractivity contribution < 1.29 is 62.1 Å². The predicted molar refractivity (Wildman–Crippen MR) is 391 cm³/mol. The molecule has 0 aliphatic heterocycles. The summed E-state index contributed by atoms with van der Waals surface area (Å²) >= 11 is 0. The van der Waals surface area contributed by atoms with Gasteiger partial charge >= 0.3 is 0 Å². The van der Waals surface area contributed by atoms with Crippen LogP contribution >= 0.6 is 0 Å². The quantitative estimate of drug-likeness (QED) is 0.0954. The van der Waals surface area contributed by atoms with Crippen LogP contribution < -0.4 is 65.2 Å². The number of carbonyl (C=O) groups excluding carboxylic acids is 11. The number of rotatable bonds is 9. The molecule has 546 valence electrons. The van der Waals surface area contributed by atoms with Crippen molar-refractivity contribution in [2.75, 3.05) is 48.9 Å². The van der Waals surface area contributed by atoms with Gasteiger partial charge < -0.3 is 123 Å². The fraction of sp³-hybridized carbons (Fsp3) is 0.817. The zero-order valence-electron chi connectivity index (χ0n) is 62.7. The maximum atomic E-state index is 8.00. The second kappa shape index (κ2) is 687. The van der Waals surface area contributed by atoms with E-state index in [0.29, 0.717) is 0 Å². The molecule has 0 aromatic rings. The molecule has 0 aromatic carbocycles. The fourth-order valence-electron chi connectivity index (χ4n) is 0.677. The first-order valence-corrected chi connectivity index (χ1v) is 26.6. The van der Waals surface area contributed by atoms with Crippen molar-refractivity contribution in [3.05, 3.63) is 0 Å². The number of aliphatic hydroxyl groups is 1. The molecule has 0 aliphatic rings. The van der Waals surface area contributed by atoms with Gasteiger partial charge in [0.2, 0.25) is 0 Å². The van der Waals surface area contributed by atoms with E-state index < -0.39 is 0 Å². The number of hydrogen-bond donors (Lipinski definition) is 12. The van der Waals surface area contributed by atoms with E-state index in [1.807, 2.05) is 88.5 Å². The second-order valence-electron chi connectivity index (χ2n) is 13.8. The van der Waals surface area contributed by atoms with Gasteiger partial charge in [0.05, 0.1) is 0 Å². The predicted octanol–water partition coefficient (Wildman–Crippen LogP) is 14.3. The van der Waals surface area contributed by atoms with Gasteiger partial charge in [0, 0.05) is 10.9 Å². The Morgan fingerprint density at radius 1 is 0.265 bits per heavy atom. The summed E-state index contributed by atoms with van der Waals surface area (Å²) in [5, 5.41) is 7.57. The minimum absolute atomic E-state index is 0. The van der Waals surface area contributed by atoms with Gasteiger partial charge in [0.15, 0.2) is 0 Å². The maximum absolute atomic E-state index is 8.00. The van der Waals surface area contributed by atoms with Crippen LogP contribution in [0.2, 0.25) is 0 Å². The summed E-state index contributed by atoms with van der Waals surface area (Å²) in [5.41, 5.74) is 27.0. The molecular weight excluding hydrogens is 1070 g/mol. The molecule has 28 N–H and O–H groups in total. The summed E-state index contributed by atoms with van der Waals surface area (Å²) < 4.78 is 0. The molecule has 0 spiro atoms. The summed E-state index contributed by atoms with van der Waals surface area (Å²) in [6.07, 6.45) is 14.8. The van der Waals surface area contributed by atoms with Crippen molar-refractivity contribution in [1.82, 2.24) is 30.8 Å². The van der Waals surface area contributed by atoms with Gasteiger partial charge in [0.25, 0.3) is 0 Å². The molecule has 23 heteroatoms. The standard InChI is InChI=1S/C7H16.5C5H12.C4H10.C3H8.C2H6O.C2H6.6CH5N.11CH2O.5H3N.3H2/c1-3-5-7-6-4-2;5*1-4-5(2)3;1-4(2)3;1-3-2;1-2-3;18*1-2;;;;;;;;/h3-7H2,1-2H3;5*5H,4H2,1-3H3;4H,1-3H3;3H2,1-2H3;3H,2H2,1H3;1-2H3;6*2H2,1H3;11*1H2;5*1H3;3*1H. The maximum Gasteiger partial charge on any atom is 0.106 e. The van der Waals surface area contributed by atoms with Crippen molar-refractivity contribution in [2.45, 2.75) is 244 Å². The largest absolute Gasteiger partial charge is 0.397 e. The molecule has 0 saturated heterocycles. The van der Waals surface area contributed by atoms with E-state index >= 15 is 0 Å². The van der Waals surface area contributed by atoms with Gasteiger partial charge in [-0.1, -0.05) is 237 Å². The number of nitrogens with two attached hydrogens (primary N) is 6. The average Bonchev–Trinajstić information content (AvgIpc) is 3.53. The molecule has 0 fully saturated rings. The Balaban J connectivity index is -0.00000000961. The van der Waals surface area contributed by atoms with Gasteiger partial charge in [-0.15, -0.1) is 0 Å². The SMILES string of the molecule is C=O.C=O.C=O.C=O.C=O.C=O.C=O.C=O.C=O.C=O.C=O.CC.CC(C)C.CCC.CCC(C)C.CCC(C)C.CCC(C)C.CCC(C)C.CCC(C)C.CCCCCCC.CCO.CN.CN.CN.CN.CN.CN.N.N.N.N.N.[HH].[HH].[HH]. The summed E-state index contributed by atoms with van der Waals surface area (Å²) in [6, 6.07) is 0. The molecule has 0 heterocycles. The summed E-state index contributed by atoms with van der Waals surface area (Å²) in [7, 11) is 9.00. The molecule has 23 nitrogen and oxygen atoms in total. The van der Waals surface area contributed by atoms with Crippen LogP contribution in [-0.2, 0) is 52.7 Å². The molecule has 0 aromatic heterocycles. The lowest BCUT2D eigenvalue weighted by atomic mass is 10.2. The summed E-state index contributed by atoms with van der Waals surface area (Å²) in [5.74, 6) is 5.25. The normalized spacial score (nSPS) is 5.59. The average molecular weight is 1250 g/mol. The van der Waals surface area contributed by atoms with E-state index in [4.69, 9.17) is 57.8 Å². The molecule has 0 atom stereocenters. The van der Waals surface area contributed by atoms with E-state index in [9.17, 15) is 0 Å². The van der Waals surface area contributed by atoms with E-state index in [1.54, 1.807) is 6.92 Å². The van der Waals surface area contributed by atoms with Crippen molar-refractivity contribution in [3.8, 4) is 0 Å². The van der Waals surface area contributed by atoms with Crippen molar-refractivity contribution >= 4 is 74.7 Å². The molecule has 0 bridgehead atoms. The van der Waals surface area contributed by atoms with Crippen LogP contribution in [0, 0.1) is 35.5 Å². The first-order valence-electron chi connectivity index (χ1n) is 26.6. The second-order valence-corrected chi connectivity index (χ2v) is 13.8. The molecule has 0 saturated carbocycles. The Labute approximate surface area is 528 Å². The number of hydrogen-bond acceptors (Lipinski definition) is 23. The van der Waals surface area contributed by atoms with Gasteiger partial charge in [-0.25, -0.2) is 0 Å². The molecule has 0 unspecified atom stereocenters. The third kappa shape index (κ3) is 4590. The zero-order chi connectivity index (χ0) is 71.9. The minimum atomic E-state index is 0. The first-order chi connectivity index (χ1) is 37.3. The third-order valence-corrected chi connectivity index (χ3v) is 5.29. The van der Waals surface area contributed by atoms with E-state index in [2.05, 4.69) is 187 Å². The Bertz CT molecular complexity index is 446. The smallest absolute Gasteiger partial charge is 0.106 e. The Morgan fingerprint density at radius 3 is 0.337 bits per heavy atom. The van der Waals surface area contributed by atoms with Crippen LogP contribution in [0.15, 0.2) is 0 Å². The van der Waals surface area contributed by atoms with Crippen LogP contribution in [0.25, 0.3) is 0 Å². The lowest BCUT2D eigenvalue weighted by Crippen LogP contribution is -1.77.